The summed E-state index contributed by atoms with van der Waals surface area (Å²) in [6, 6.07) is 15.0. The van der Waals surface area contributed by atoms with Crippen molar-refractivity contribution in [3.05, 3.63) is 104 Å². The number of hydrogen-bond acceptors (Lipinski definition) is 10. The lowest BCUT2D eigenvalue weighted by Crippen LogP contribution is -2.43. The van der Waals surface area contributed by atoms with E-state index in [0.717, 1.165) is 9.80 Å². The third kappa shape index (κ3) is 4.39. The molecule has 2 heterocycles. The largest absolute Gasteiger partial charge is 0.504 e. The van der Waals surface area contributed by atoms with Crippen LogP contribution in [0.1, 0.15) is 24.3 Å². The highest BCUT2D eigenvalue weighted by molar-refractivity contribution is 6.24. The van der Waals surface area contributed by atoms with E-state index >= 15 is 0 Å². The molecule has 0 aromatic heterocycles. The molecule has 1 N–H and O–H groups in total. The number of aromatic hydroxyl groups is 1. The Hall–Kier alpha value is -5.92. The molecule has 2 aliphatic carbocycles. The molecule has 0 bridgehead atoms. The molecule has 2 saturated heterocycles. The zero-order valence-electron chi connectivity index (χ0n) is 24.7. The lowest BCUT2D eigenvalue weighted by molar-refractivity contribution is -0.385. The minimum absolute atomic E-state index is 0.0695. The van der Waals surface area contributed by atoms with Crippen molar-refractivity contribution in [2.75, 3.05) is 16.9 Å². The number of imide groups is 2. The number of hydrogen-bond donors (Lipinski definition) is 1. The first-order valence-electron chi connectivity index (χ1n) is 14.8. The monoisotopic (exact) mass is 638 g/mol. The van der Waals surface area contributed by atoms with Gasteiger partial charge in [-0.1, -0.05) is 23.8 Å². The van der Waals surface area contributed by atoms with Gasteiger partial charge < -0.3 is 9.84 Å². The van der Waals surface area contributed by atoms with Crippen LogP contribution >= 0.6 is 0 Å². The van der Waals surface area contributed by atoms with Crippen LogP contribution in [0.5, 0.6) is 11.5 Å². The predicted molar refractivity (Wildman–Crippen MR) is 163 cm³/mol. The van der Waals surface area contributed by atoms with Gasteiger partial charge in [0, 0.05) is 35.7 Å². The van der Waals surface area contributed by atoms with Crippen LogP contribution in [0.15, 0.2) is 78.4 Å². The molecule has 7 rings (SSSR count). The Bertz CT molecular complexity index is 1920. The lowest BCUT2D eigenvalue weighted by Gasteiger charge is -2.44. The van der Waals surface area contributed by atoms with E-state index in [2.05, 4.69) is 0 Å². The van der Waals surface area contributed by atoms with Gasteiger partial charge in [0.05, 0.1) is 52.0 Å². The van der Waals surface area contributed by atoms with Crippen LogP contribution < -0.4 is 14.5 Å². The minimum atomic E-state index is -0.979. The van der Waals surface area contributed by atoms with Crippen LogP contribution in [0.25, 0.3) is 0 Å². The highest BCUT2D eigenvalue weighted by Crippen LogP contribution is 2.60. The molecule has 6 atom stereocenters. The smallest absolute Gasteiger partial charge is 0.269 e. The number of fused-ring (bicyclic) bond motifs is 4. The van der Waals surface area contributed by atoms with Crippen molar-refractivity contribution in [3.8, 4) is 11.5 Å². The number of benzene rings is 3. The first-order chi connectivity index (χ1) is 22.5. The quantitative estimate of drug-likeness (QED) is 0.177. The van der Waals surface area contributed by atoms with Crippen LogP contribution in [0.2, 0.25) is 0 Å². The van der Waals surface area contributed by atoms with E-state index < -0.39 is 69.0 Å². The van der Waals surface area contributed by atoms with Crippen molar-refractivity contribution in [1.29, 1.82) is 0 Å². The fourth-order valence-electron chi connectivity index (χ4n) is 7.85. The summed E-state index contributed by atoms with van der Waals surface area (Å²) < 4.78 is 5.35. The average Bonchev–Trinajstić information content (AvgIpc) is 3.47. The summed E-state index contributed by atoms with van der Waals surface area (Å²) in [7, 11) is 1.38. The number of phenolic OH excluding ortho intramolecular Hbond substituents is 1. The van der Waals surface area contributed by atoms with Crippen molar-refractivity contribution < 1.29 is 38.9 Å². The van der Waals surface area contributed by atoms with Gasteiger partial charge in [0.1, 0.15) is 0 Å². The van der Waals surface area contributed by atoms with Gasteiger partial charge in [0.2, 0.25) is 23.6 Å². The number of phenols is 1. The first kappa shape index (κ1) is 29.8. The Kier molecular flexibility index (Phi) is 6.88. The number of methoxy groups -OCH3 is 1. The SMILES string of the molecule is COc1cccc(C2C3=CCC4C(=O)N(c5ccc([N+](=O)[O-])cc5)C(=O)C4C3CC3C(=O)N(c4ccc([N+](=O)[O-])cc4)C(=O)C32)c1O. The number of carbonyl (C=O) groups is 4. The third-order valence-electron chi connectivity index (χ3n) is 9.87. The molecule has 1 saturated carbocycles. The van der Waals surface area contributed by atoms with Gasteiger partial charge in [-0.3, -0.25) is 49.2 Å². The van der Waals surface area contributed by atoms with E-state index in [1.807, 2.05) is 6.08 Å². The Morgan fingerprint density at radius 2 is 1.26 bits per heavy atom. The molecule has 4 amide bonds. The Morgan fingerprint density at radius 3 is 1.79 bits per heavy atom. The molecule has 238 valence electrons. The summed E-state index contributed by atoms with van der Waals surface area (Å²) in [4.78, 5) is 79.4. The van der Waals surface area contributed by atoms with Crippen molar-refractivity contribution in [2.24, 2.45) is 29.6 Å². The molecule has 3 fully saturated rings. The second-order valence-corrected chi connectivity index (χ2v) is 12.0. The number of nitro groups is 2. The van der Waals surface area contributed by atoms with Gasteiger partial charge in [-0.05, 0) is 49.1 Å². The molecular formula is C33H26N4O10. The number of anilines is 2. The Balaban J connectivity index is 1.32. The van der Waals surface area contributed by atoms with Crippen molar-refractivity contribution in [3.63, 3.8) is 0 Å². The van der Waals surface area contributed by atoms with Gasteiger partial charge in [-0.25, -0.2) is 0 Å². The molecule has 0 spiro atoms. The van der Waals surface area contributed by atoms with E-state index in [4.69, 9.17) is 4.74 Å². The second kappa shape index (κ2) is 10.9. The first-order valence-corrected chi connectivity index (χ1v) is 14.8. The highest BCUT2D eigenvalue weighted by atomic mass is 16.6. The summed E-state index contributed by atoms with van der Waals surface area (Å²) in [5, 5.41) is 33.7. The van der Waals surface area contributed by atoms with Crippen LogP contribution in [-0.4, -0.2) is 45.7 Å². The fourth-order valence-corrected chi connectivity index (χ4v) is 7.85. The van der Waals surface area contributed by atoms with E-state index in [-0.39, 0.29) is 47.1 Å². The standard InChI is InChI=1S/C33H26N4O10/c1-47-25-4-2-3-21(29(25)38)26-20-13-14-22-27(32(41)34(30(22)39)16-5-9-18(10-6-16)36(43)44)23(20)15-24-28(26)33(42)35(31(24)40)17-7-11-19(12-8-17)37(45)46/h2-13,22-24,26-28,38H,14-15H2,1H3. The van der Waals surface area contributed by atoms with Crippen LogP contribution in [-0.2, 0) is 19.2 Å². The minimum Gasteiger partial charge on any atom is -0.504 e. The van der Waals surface area contributed by atoms with Gasteiger partial charge in [0.25, 0.3) is 11.4 Å². The summed E-state index contributed by atoms with van der Waals surface area (Å²) in [5.41, 5.74) is 0.900. The Morgan fingerprint density at radius 1 is 0.723 bits per heavy atom. The number of amides is 4. The summed E-state index contributed by atoms with van der Waals surface area (Å²) in [6.07, 6.45) is 2.06. The molecule has 14 nitrogen and oxygen atoms in total. The number of nitro benzene ring substituents is 2. The average molecular weight is 639 g/mol. The van der Waals surface area contributed by atoms with Crippen LogP contribution in [0.4, 0.5) is 22.7 Å². The maximum absolute atomic E-state index is 14.2. The van der Waals surface area contributed by atoms with Crippen LogP contribution in [0, 0.1) is 49.8 Å². The number of non-ortho nitro benzene ring substituents is 2. The van der Waals surface area contributed by atoms with Gasteiger partial charge in [-0.2, -0.15) is 0 Å². The maximum Gasteiger partial charge on any atom is 0.269 e. The van der Waals surface area contributed by atoms with Crippen molar-refractivity contribution >= 4 is 46.4 Å². The van der Waals surface area contributed by atoms with Crippen LogP contribution in [0.3, 0.4) is 0 Å². The topological polar surface area (TPSA) is 190 Å². The van der Waals surface area contributed by atoms with Gasteiger partial charge in [-0.15, -0.1) is 0 Å². The highest BCUT2D eigenvalue weighted by Gasteiger charge is 2.62. The van der Waals surface area contributed by atoms with E-state index in [0.29, 0.717) is 11.1 Å². The number of ether oxygens (including phenoxy) is 1. The molecule has 14 heteroatoms. The zero-order chi connectivity index (χ0) is 33.3. The molecule has 6 unspecified atom stereocenters. The number of nitrogens with zero attached hydrogens (tertiary/aromatic N) is 4. The van der Waals surface area contributed by atoms with E-state index in [1.54, 1.807) is 18.2 Å². The fraction of sp³-hybridized carbons (Fsp3) is 0.273. The lowest BCUT2D eigenvalue weighted by atomic mass is 9.57. The molecular weight excluding hydrogens is 612 g/mol. The summed E-state index contributed by atoms with van der Waals surface area (Å²) in [6.45, 7) is 0. The van der Waals surface area contributed by atoms with E-state index in [9.17, 15) is 44.5 Å². The number of para-hydroxylation sites is 1. The van der Waals surface area contributed by atoms with Crippen molar-refractivity contribution in [1.82, 2.24) is 0 Å². The predicted octanol–water partition coefficient (Wildman–Crippen LogP) is 4.26. The molecule has 3 aromatic carbocycles. The molecule has 0 radical (unpaired) electrons. The summed E-state index contributed by atoms with van der Waals surface area (Å²) in [5.74, 6) is -7.23. The van der Waals surface area contributed by atoms with Gasteiger partial charge in [0.15, 0.2) is 11.5 Å². The van der Waals surface area contributed by atoms with E-state index in [1.165, 1.54) is 55.6 Å². The molecule has 4 aliphatic rings. The normalized spacial score (nSPS) is 26.4. The zero-order valence-corrected chi connectivity index (χ0v) is 24.7. The Labute approximate surface area is 266 Å². The van der Waals surface area contributed by atoms with Crippen molar-refractivity contribution in [2.45, 2.75) is 18.8 Å². The summed E-state index contributed by atoms with van der Waals surface area (Å²) >= 11 is 0. The van der Waals surface area contributed by atoms with Gasteiger partial charge >= 0.3 is 0 Å². The third-order valence-corrected chi connectivity index (χ3v) is 9.87. The maximum atomic E-state index is 14.2. The number of carbonyl (C=O) groups excluding carboxylic acids is 4. The second-order valence-electron chi connectivity index (χ2n) is 12.0. The number of allylic oxidation sites excluding steroid dienone is 2. The molecule has 2 aliphatic heterocycles. The molecule has 47 heavy (non-hydrogen) atoms. The number of rotatable bonds is 6. The molecule has 3 aromatic rings.